The van der Waals surface area contributed by atoms with Crippen molar-refractivity contribution in [1.29, 1.82) is 0 Å². The number of carbonyl (C=O) groups is 1. The summed E-state index contributed by atoms with van der Waals surface area (Å²) in [4.78, 5) is 17.6. The molecule has 4 nitrogen and oxygen atoms in total. The van der Waals surface area contributed by atoms with Crippen LogP contribution in [0, 0.1) is 5.92 Å². The van der Waals surface area contributed by atoms with E-state index in [0.29, 0.717) is 24.8 Å². The topological polar surface area (TPSA) is 50.7 Å². The van der Waals surface area contributed by atoms with Crippen molar-refractivity contribution >= 4 is 11.6 Å². The van der Waals surface area contributed by atoms with Crippen molar-refractivity contribution in [1.82, 2.24) is 5.32 Å². The molecule has 2 unspecified atom stereocenters. The third-order valence-corrected chi connectivity index (χ3v) is 5.05. The van der Waals surface area contributed by atoms with E-state index in [0.717, 1.165) is 18.6 Å². The van der Waals surface area contributed by atoms with E-state index >= 15 is 0 Å². The molecule has 0 saturated heterocycles. The van der Waals surface area contributed by atoms with Crippen LogP contribution in [0.5, 0.6) is 0 Å². The van der Waals surface area contributed by atoms with Gasteiger partial charge >= 0.3 is 0 Å². The summed E-state index contributed by atoms with van der Waals surface area (Å²) >= 11 is 0. The van der Waals surface area contributed by atoms with E-state index < -0.39 is 6.10 Å². The summed E-state index contributed by atoms with van der Waals surface area (Å²) in [7, 11) is 0. The van der Waals surface area contributed by atoms with Gasteiger partial charge in [-0.3, -0.25) is 4.79 Å². The van der Waals surface area contributed by atoms with Gasteiger partial charge < -0.3 is 10.2 Å². The third-order valence-electron chi connectivity index (χ3n) is 5.05. The van der Waals surface area contributed by atoms with E-state index in [1.165, 1.54) is 30.4 Å². The van der Waals surface area contributed by atoms with Crippen LogP contribution in [0.3, 0.4) is 0 Å². The van der Waals surface area contributed by atoms with Crippen LogP contribution in [-0.2, 0) is 16.1 Å². The maximum atomic E-state index is 12.3. The number of hydrogen-bond donors (Lipinski definition) is 1. The van der Waals surface area contributed by atoms with Gasteiger partial charge in [0, 0.05) is 24.8 Å². The Morgan fingerprint density at radius 2 is 2.14 bits per heavy atom. The highest BCUT2D eigenvalue weighted by atomic mass is 16.6. The van der Waals surface area contributed by atoms with Crippen LogP contribution in [0.2, 0.25) is 0 Å². The number of benzene rings is 1. The molecule has 22 heavy (non-hydrogen) atoms. The molecule has 1 amide bonds. The molecule has 1 heterocycles. The van der Waals surface area contributed by atoms with Gasteiger partial charge in [-0.1, -0.05) is 29.4 Å². The van der Waals surface area contributed by atoms with Crippen molar-refractivity contribution in [3.8, 4) is 0 Å². The number of fused-ring (bicyclic) bond motifs is 1. The first kappa shape index (κ1) is 13.8. The third kappa shape index (κ3) is 2.74. The molecule has 1 fully saturated rings. The Kier molecular flexibility index (Phi) is 3.60. The number of rotatable bonds is 4. The molecule has 1 aliphatic heterocycles. The van der Waals surface area contributed by atoms with Crippen LogP contribution >= 0.6 is 0 Å². The number of carbonyl (C=O) groups excluding carboxylic acids is 1. The Balaban J connectivity index is 1.33. The number of aryl methyl sites for hydroxylation is 1. The first-order valence-electron chi connectivity index (χ1n) is 8.39. The molecule has 0 radical (unpaired) electrons. The molecular formula is C18H22N2O2. The van der Waals surface area contributed by atoms with E-state index in [-0.39, 0.29) is 5.91 Å². The standard InChI is InChI=1S/C18H22N2O2/c21-18(17-10-16(20-22-17)13-8-9-13)19-11-14-6-3-5-12-4-1-2-7-15(12)14/h1-2,4,7,13-14,17H,3,5-6,8-11H2,(H,19,21). The van der Waals surface area contributed by atoms with Gasteiger partial charge in [0.05, 0.1) is 5.71 Å². The molecule has 2 atom stereocenters. The maximum absolute atomic E-state index is 12.3. The number of nitrogens with one attached hydrogen (secondary N) is 1. The van der Waals surface area contributed by atoms with Crippen molar-refractivity contribution in [2.24, 2.45) is 11.1 Å². The van der Waals surface area contributed by atoms with E-state index in [1.807, 2.05) is 0 Å². The lowest BCUT2D eigenvalue weighted by atomic mass is 9.83. The first-order valence-corrected chi connectivity index (χ1v) is 8.39. The molecule has 1 aromatic carbocycles. The quantitative estimate of drug-likeness (QED) is 0.929. The smallest absolute Gasteiger partial charge is 0.264 e. The van der Waals surface area contributed by atoms with E-state index in [1.54, 1.807) is 0 Å². The minimum Gasteiger partial charge on any atom is -0.382 e. The number of oxime groups is 1. The van der Waals surface area contributed by atoms with Gasteiger partial charge in [-0.25, -0.2) is 0 Å². The van der Waals surface area contributed by atoms with Gasteiger partial charge in [0.25, 0.3) is 5.91 Å². The van der Waals surface area contributed by atoms with Crippen molar-refractivity contribution in [2.45, 2.75) is 50.5 Å². The van der Waals surface area contributed by atoms with Crippen LogP contribution in [-0.4, -0.2) is 24.3 Å². The van der Waals surface area contributed by atoms with E-state index in [2.05, 4.69) is 34.7 Å². The minimum absolute atomic E-state index is 0.0116. The normalized spacial score (nSPS) is 26.8. The van der Waals surface area contributed by atoms with Crippen LogP contribution in [0.1, 0.15) is 49.1 Å². The van der Waals surface area contributed by atoms with Gasteiger partial charge in [0.2, 0.25) is 6.10 Å². The van der Waals surface area contributed by atoms with Gasteiger partial charge in [-0.05, 0) is 43.2 Å². The minimum atomic E-state index is -0.408. The van der Waals surface area contributed by atoms with Crippen LogP contribution in [0.25, 0.3) is 0 Å². The van der Waals surface area contributed by atoms with Crippen molar-refractivity contribution in [3.63, 3.8) is 0 Å². The van der Waals surface area contributed by atoms with Crippen molar-refractivity contribution in [2.75, 3.05) is 6.54 Å². The Morgan fingerprint density at radius 1 is 1.27 bits per heavy atom. The summed E-state index contributed by atoms with van der Waals surface area (Å²) in [6.07, 6.45) is 6.18. The molecule has 3 aliphatic rings. The second-order valence-electron chi connectivity index (χ2n) is 6.69. The molecule has 1 saturated carbocycles. The molecule has 1 N–H and O–H groups in total. The summed E-state index contributed by atoms with van der Waals surface area (Å²) in [5.74, 6) is 1.00. The number of nitrogens with zero attached hydrogens (tertiary/aromatic N) is 1. The Labute approximate surface area is 130 Å². The lowest BCUT2D eigenvalue weighted by Gasteiger charge is -2.26. The molecule has 0 spiro atoms. The molecule has 0 aromatic heterocycles. The van der Waals surface area contributed by atoms with Crippen LogP contribution in [0.4, 0.5) is 0 Å². The summed E-state index contributed by atoms with van der Waals surface area (Å²) < 4.78 is 0. The predicted molar refractivity (Wildman–Crippen MR) is 84.8 cm³/mol. The molecule has 4 heteroatoms. The zero-order valence-corrected chi connectivity index (χ0v) is 12.8. The monoisotopic (exact) mass is 298 g/mol. The van der Waals surface area contributed by atoms with Crippen molar-refractivity contribution < 1.29 is 9.63 Å². The van der Waals surface area contributed by atoms with Gasteiger partial charge in [-0.15, -0.1) is 0 Å². The second-order valence-corrected chi connectivity index (χ2v) is 6.69. The highest BCUT2D eigenvalue weighted by Gasteiger charge is 2.36. The summed E-state index contributed by atoms with van der Waals surface area (Å²) in [6.45, 7) is 0.703. The molecule has 0 bridgehead atoms. The van der Waals surface area contributed by atoms with Crippen molar-refractivity contribution in [3.05, 3.63) is 35.4 Å². The first-order chi connectivity index (χ1) is 10.8. The van der Waals surface area contributed by atoms with Gasteiger partial charge in [0.1, 0.15) is 0 Å². The molecule has 2 aliphatic carbocycles. The van der Waals surface area contributed by atoms with Gasteiger partial charge in [0.15, 0.2) is 0 Å². The summed E-state index contributed by atoms with van der Waals surface area (Å²) in [6, 6.07) is 8.60. The zero-order valence-electron chi connectivity index (χ0n) is 12.8. The lowest BCUT2D eigenvalue weighted by molar-refractivity contribution is -0.131. The van der Waals surface area contributed by atoms with Gasteiger partial charge in [-0.2, -0.15) is 0 Å². The molecule has 4 rings (SSSR count). The fourth-order valence-electron chi connectivity index (χ4n) is 3.60. The summed E-state index contributed by atoms with van der Waals surface area (Å²) in [5, 5.41) is 7.16. The van der Waals surface area contributed by atoms with E-state index in [4.69, 9.17) is 4.84 Å². The average molecular weight is 298 g/mol. The molecular weight excluding hydrogens is 276 g/mol. The predicted octanol–water partition coefficient (Wildman–Crippen LogP) is 2.78. The highest BCUT2D eigenvalue weighted by Crippen LogP contribution is 2.35. The SMILES string of the molecule is O=C(NCC1CCCc2ccccc21)C1CC(C2CC2)=NO1. The number of hydrogen-bond acceptors (Lipinski definition) is 3. The largest absolute Gasteiger partial charge is 0.382 e. The lowest BCUT2D eigenvalue weighted by Crippen LogP contribution is -2.37. The second kappa shape index (κ2) is 5.75. The Morgan fingerprint density at radius 3 is 3.00 bits per heavy atom. The Hall–Kier alpha value is -1.84. The zero-order chi connectivity index (χ0) is 14.9. The van der Waals surface area contributed by atoms with E-state index in [9.17, 15) is 4.79 Å². The fraction of sp³-hybridized carbons (Fsp3) is 0.556. The molecule has 116 valence electrons. The number of amides is 1. The Bertz CT molecular complexity index is 607. The van der Waals surface area contributed by atoms with Crippen LogP contribution in [0.15, 0.2) is 29.4 Å². The maximum Gasteiger partial charge on any atom is 0.264 e. The summed E-state index contributed by atoms with van der Waals surface area (Å²) in [5.41, 5.74) is 3.92. The fourth-order valence-corrected chi connectivity index (χ4v) is 3.60. The highest BCUT2D eigenvalue weighted by molar-refractivity contribution is 5.95. The van der Waals surface area contributed by atoms with Crippen LogP contribution < -0.4 is 5.32 Å². The molecule has 1 aromatic rings. The average Bonchev–Trinajstić information content (AvgIpc) is 3.29.